The first-order chi connectivity index (χ1) is 28.9. The maximum absolute atomic E-state index is 13.0. The normalized spacial score (nSPS) is 18.9. The SMILES string of the molecule is CCOC(=O)C1CCC(Nc2ncc3cc(-c4ccccc4Cl)c(=O)n(C)c3n2)CC1.Cn1c(=O)c(-c2ccccc2Cl)cc2cnc(NC3CCC(C(=O)O)CC3)nc21. The Morgan fingerprint density at radius 1 is 0.683 bits per heavy atom. The van der Waals surface area contributed by atoms with Crippen LogP contribution in [0.15, 0.2) is 82.6 Å². The van der Waals surface area contributed by atoms with Crippen LogP contribution in [0.1, 0.15) is 58.3 Å². The quantitative estimate of drug-likeness (QED) is 0.120. The summed E-state index contributed by atoms with van der Waals surface area (Å²) < 4.78 is 8.16. The summed E-state index contributed by atoms with van der Waals surface area (Å²) in [4.78, 5) is 66.9. The van der Waals surface area contributed by atoms with Crippen molar-refractivity contribution < 1.29 is 19.4 Å². The minimum Gasteiger partial charge on any atom is -0.481 e. The number of carboxylic acids is 1. The van der Waals surface area contributed by atoms with Gasteiger partial charge in [0.05, 0.1) is 18.4 Å². The molecule has 8 rings (SSSR count). The van der Waals surface area contributed by atoms with Crippen molar-refractivity contribution in [2.75, 3.05) is 17.2 Å². The predicted octanol–water partition coefficient (Wildman–Crippen LogP) is 7.89. The fraction of sp³-hybridized carbons (Fsp3) is 0.364. The zero-order valence-corrected chi connectivity index (χ0v) is 35.0. The summed E-state index contributed by atoms with van der Waals surface area (Å²) in [6.07, 6.45) is 9.44. The molecule has 3 N–H and O–H groups in total. The van der Waals surface area contributed by atoms with Gasteiger partial charge in [-0.1, -0.05) is 59.6 Å². The third kappa shape index (κ3) is 9.29. The number of carbonyl (C=O) groups is 2. The first-order valence-electron chi connectivity index (χ1n) is 20.1. The Balaban J connectivity index is 0.000000182. The molecule has 4 heterocycles. The van der Waals surface area contributed by atoms with E-state index in [9.17, 15) is 19.2 Å². The molecule has 16 heteroatoms. The van der Waals surface area contributed by atoms with E-state index in [1.54, 1.807) is 50.8 Å². The number of aryl methyl sites for hydroxylation is 2. The highest BCUT2D eigenvalue weighted by molar-refractivity contribution is 6.33. The summed E-state index contributed by atoms with van der Waals surface area (Å²) in [5.74, 6) is -0.208. The Morgan fingerprint density at radius 2 is 1.10 bits per heavy atom. The second-order valence-electron chi connectivity index (χ2n) is 15.2. The van der Waals surface area contributed by atoms with Crippen LogP contribution in [0.3, 0.4) is 0 Å². The van der Waals surface area contributed by atoms with Gasteiger partial charge in [-0.3, -0.25) is 28.3 Å². The lowest BCUT2D eigenvalue weighted by Gasteiger charge is -2.27. The molecule has 0 atom stereocenters. The number of hydrogen-bond donors (Lipinski definition) is 3. The van der Waals surface area contributed by atoms with E-state index in [1.807, 2.05) is 43.3 Å². The number of pyridine rings is 2. The van der Waals surface area contributed by atoms with Crippen molar-refractivity contribution >= 4 is 69.1 Å². The topological polar surface area (TPSA) is 183 Å². The smallest absolute Gasteiger partial charge is 0.308 e. The second-order valence-corrected chi connectivity index (χ2v) is 16.0. The van der Waals surface area contributed by atoms with Gasteiger partial charge in [0.15, 0.2) is 0 Å². The van der Waals surface area contributed by atoms with Crippen molar-refractivity contribution in [3.05, 3.63) is 104 Å². The van der Waals surface area contributed by atoms with Crippen molar-refractivity contribution in [3.8, 4) is 22.3 Å². The zero-order chi connectivity index (χ0) is 42.5. The van der Waals surface area contributed by atoms with Gasteiger partial charge in [-0.15, -0.1) is 0 Å². The third-order valence-corrected chi connectivity index (χ3v) is 12.0. The molecule has 0 spiro atoms. The molecular formula is C44H46Cl2N8O6. The Morgan fingerprint density at radius 3 is 1.50 bits per heavy atom. The molecule has 2 fully saturated rings. The summed E-state index contributed by atoms with van der Waals surface area (Å²) >= 11 is 12.6. The van der Waals surface area contributed by atoms with E-state index in [-0.39, 0.29) is 41.0 Å². The number of halogens is 2. The van der Waals surface area contributed by atoms with Crippen LogP contribution in [0.2, 0.25) is 10.0 Å². The van der Waals surface area contributed by atoms with Gasteiger partial charge >= 0.3 is 11.9 Å². The van der Waals surface area contributed by atoms with Crippen molar-refractivity contribution in [2.45, 2.75) is 70.4 Å². The number of aromatic nitrogens is 6. The highest BCUT2D eigenvalue weighted by atomic mass is 35.5. The van der Waals surface area contributed by atoms with Crippen molar-refractivity contribution in [2.24, 2.45) is 25.9 Å². The standard InChI is InChI=1S/C23H25ClN4O3.C21H21ClN4O3/c1-3-31-22(30)14-8-10-16(11-9-14)26-23-25-13-15-12-18(17-6-4-5-7-19(17)24)21(29)28(2)20(15)27-23;1-26-18-13(10-16(19(26)27)15-4-2-3-5-17(15)22)11-23-21(25-18)24-14-8-6-12(7-9-14)20(28)29/h4-7,12-14,16H,3,8-11H2,1-2H3,(H,25,26,27);2-5,10-12,14H,6-9H2,1H3,(H,28,29)(H,23,24,25). The minimum absolute atomic E-state index is 0.0282. The van der Waals surface area contributed by atoms with Gasteiger partial charge in [0.1, 0.15) is 11.3 Å². The van der Waals surface area contributed by atoms with Crippen LogP contribution in [-0.4, -0.2) is 64.8 Å². The fourth-order valence-electron chi connectivity index (χ4n) is 7.96. The molecule has 0 bridgehead atoms. The van der Waals surface area contributed by atoms with E-state index in [4.69, 9.17) is 33.0 Å². The van der Waals surface area contributed by atoms with Crippen LogP contribution in [0.4, 0.5) is 11.9 Å². The third-order valence-electron chi connectivity index (χ3n) is 11.3. The number of aliphatic carboxylic acids is 1. The van der Waals surface area contributed by atoms with Crippen molar-refractivity contribution in [3.63, 3.8) is 0 Å². The van der Waals surface area contributed by atoms with Gasteiger partial charge in [-0.25, -0.2) is 9.97 Å². The summed E-state index contributed by atoms with van der Waals surface area (Å²) in [5.41, 5.74) is 3.11. The first kappa shape index (κ1) is 42.3. The lowest BCUT2D eigenvalue weighted by Crippen LogP contribution is -2.31. The number of rotatable bonds is 9. The molecule has 0 unspecified atom stereocenters. The number of hydrogen-bond acceptors (Lipinski definition) is 11. The number of benzene rings is 2. The highest BCUT2D eigenvalue weighted by Crippen LogP contribution is 2.31. The van der Waals surface area contributed by atoms with Crippen LogP contribution in [0.5, 0.6) is 0 Å². The summed E-state index contributed by atoms with van der Waals surface area (Å²) in [6.45, 7) is 2.24. The largest absolute Gasteiger partial charge is 0.481 e. The molecule has 0 aliphatic heterocycles. The molecule has 312 valence electrons. The summed E-state index contributed by atoms with van der Waals surface area (Å²) in [6, 6.07) is 18.4. The average molecular weight is 854 g/mol. The van der Waals surface area contributed by atoms with Gasteiger partial charge in [0.25, 0.3) is 11.1 Å². The van der Waals surface area contributed by atoms with Gasteiger partial charge < -0.3 is 20.5 Å². The molecule has 0 radical (unpaired) electrons. The maximum Gasteiger partial charge on any atom is 0.308 e. The predicted molar refractivity (Wildman–Crippen MR) is 233 cm³/mol. The lowest BCUT2D eigenvalue weighted by molar-refractivity contribution is -0.149. The average Bonchev–Trinajstić information content (AvgIpc) is 3.25. The second kappa shape index (κ2) is 18.6. The zero-order valence-electron chi connectivity index (χ0n) is 33.5. The van der Waals surface area contributed by atoms with E-state index in [0.717, 1.165) is 49.3 Å². The molecule has 2 aliphatic carbocycles. The van der Waals surface area contributed by atoms with Crippen LogP contribution >= 0.6 is 23.2 Å². The number of carbonyl (C=O) groups excluding carboxylic acids is 1. The van der Waals surface area contributed by atoms with Gasteiger partial charge in [-0.2, -0.15) is 9.97 Å². The molecule has 6 aromatic rings. The van der Waals surface area contributed by atoms with Crippen LogP contribution in [0, 0.1) is 11.8 Å². The number of esters is 1. The molecule has 4 aromatic heterocycles. The van der Waals surface area contributed by atoms with Crippen LogP contribution < -0.4 is 21.8 Å². The van der Waals surface area contributed by atoms with E-state index < -0.39 is 5.97 Å². The Bertz CT molecular complexity index is 2670. The Kier molecular flexibility index (Phi) is 13.1. The number of nitrogens with one attached hydrogen (secondary N) is 2. The Labute approximate surface area is 356 Å². The van der Waals surface area contributed by atoms with Gasteiger partial charge in [-0.05, 0) is 82.6 Å². The molecule has 0 saturated heterocycles. The van der Waals surface area contributed by atoms with Gasteiger partial charge in [0, 0.05) is 81.6 Å². The molecular weight excluding hydrogens is 807 g/mol. The molecule has 2 aliphatic rings. The molecule has 14 nitrogen and oxygen atoms in total. The lowest BCUT2D eigenvalue weighted by atomic mass is 9.86. The van der Waals surface area contributed by atoms with E-state index in [0.29, 0.717) is 74.9 Å². The number of fused-ring (bicyclic) bond motifs is 2. The van der Waals surface area contributed by atoms with E-state index in [1.165, 1.54) is 9.13 Å². The number of ether oxygens (including phenoxy) is 1. The number of nitrogens with zero attached hydrogens (tertiary/aromatic N) is 6. The fourth-order valence-corrected chi connectivity index (χ4v) is 8.44. The summed E-state index contributed by atoms with van der Waals surface area (Å²) in [5, 5.41) is 18.3. The highest BCUT2D eigenvalue weighted by Gasteiger charge is 2.28. The van der Waals surface area contributed by atoms with E-state index >= 15 is 0 Å². The van der Waals surface area contributed by atoms with Crippen molar-refractivity contribution in [1.82, 2.24) is 29.1 Å². The molecule has 60 heavy (non-hydrogen) atoms. The maximum atomic E-state index is 13.0. The van der Waals surface area contributed by atoms with E-state index in [2.05, 4.69) is 30.6 Å². The van der Waals surface area contributed by atoms with Crippen LogP contribution in [-0.2, 0) is 28.4 Å². The molecule has 0 amide bonds. The monoisotopic (exact) mass is 852 g/mol. The minimum atomic E-state index is -0.727. The summed E-state index contributed by atoms with van der Waals surface area (Å²) in [7, 11) is 3.38. The first-order valence-corrected chi connectivity index (χ1v) is 20.8. The number of carboxylic acid groups (broad SMARTS) is 1. The molecule has 2 aromatic carbocycles. The van der Waals surface area contributed by atoms with Crippen LogP contribution in [0.25, 0.3) is 44.3 Å². The molecule has 2 saturated carbocycles. The number of anilines is 2. The Hall–Kier alpha value is -5.86. The van der Waals surface area contributed by atoms with Crippen molar-refractivity contribution in [1.29, 1.82) is 0 Å². The van der Waals surface area contributed by atoms with Gasteiger partial charge in [0.2, 0.25) is 11.9 Å².